The minimum atomic E-state index is -0.452. The Bertz CT molecular complexity index is 356. The lowest BCUT2D eigenvalue weighted by Crippen LogP contribution is -2.33. The summed E-state index contributed by atoms with van der Waals surface area (Å²) in [6, 6.07) is 6.24. The average molecular weight is 252 g/mol. The average Bonchev–Trinajstić information content (AvgIpc) is 2.37. The van der Waals surface area contributed by atoms with Crippen molar-refractivity contribution in [3.8, 4) is 5.75 Å². The van der Waals surface area contributed by atoms with Gasteiger partial charge in [-0.05, 0) is 44.0 Å². The Labute approximate surface area is 109 Å². The van der Waals surface area contributed by atoms with Crippen molar-refractivity contribution in [2.75, 3.05) is 26.2 Å². The first-order valence-corrected chi connectivity index (χ1v) is 6.48. The maximum Gasteiger partial charge on any atom is 0.122 e. The van der Waals surface area contributed by atoms with Gasteiger partial charge in [-0.1, -0.05) is 12.1 Å². The van der Waals surface area contributed by atoms with E-state index in [0.717, 1.165) is 24.3 Å². The number of aliphatic hydroxyl groups excluding tert-OH is 1. The molecule has 0 fully saturated rings. The van der Waals surface area contributed by atoms with Crippen LogP contribution in [0.2, 0.25) is 0 Å². The topological polar surface area (TPSA) is 67.5 Å². The summed E-state index contributed by atoms with van der Waals surface area (Å²) in [5.41, 5.74) is 7.76. The predicted molar refractivity (Wildman–Crippen MR) is 74.0 cm³/mol. The van der Waals surface area contributed by atoms with Crippen LogP contribution >= 0.6 is 0 Å². The van der Waals surface area contributed by atoms with Gasteiger partial charge in [0.05, 0.1) is 12.7 Å². The molecule has 102 valence electrons. The predicted octanol–water partition coefficient (Wildman–Crippen LogP) is 0.845. The molecular weight excluding hydrogens is 228 g/mol. The number of hydrogen-bond donors (Lipinski definition) is 3. The van der Waals surface area contributed by atoms with Crippen LogP contribution in [0.3, 0.4) is 0 Å². The zero-order chi connectivity index (χ0) is 13.4. The summed E-state index contributed by atoms with van der Waals surface area (Å²) in [7, 11) is 0. The number of aryl methyl sites for hydroxylation is 1. The van der Waals surface area contributed by atoms with Crippen molar-refractivity contribution in [3.63, 3.8) is 0 Å². The van der Waals surface area contributed by atoms with Crippen LogP contribution in [0.5, 0.6) is 5.75 Å². The molecule has 1 atom stereocenters. The number of nitrogens with one attached hydrogen (secondary N) is 1. The third-order valence-electron chi connectivity index (χ3n) is 2.78. The number of aliphatic hydroxyl groups is 1. The second kappa shape index (κ2) is 8.08. The molecule has 1 aromatic rings. The summed E-state index contributed by atoms with van der Waals surface area (Å²) >= 11 is 0. The molecule has 4 heteroatoms. The Kier molecular flexibility index (Phi) is 6.72. The third kappa shape index (κ3) is 5.04. The van der Waals surface area contributed by atoms with E-state index in [9.17, 15) is 5.11 Å². The van der Waals surface area contributed by atoms with E-state index in [1.165, 1.54) is 5.56 Å². The molecule has 4 nitrogen and oxygen atoms in total. The number of benzene rings is 1. The van der Waals surface area contributed by atoms with Gasteiger partial charge in [-0.3, -0.25) is 0 Å². The second-order valence-electron chi connectivity index (χ2n) is 4.38. The molecule has 1 aromatic carbocycles. The molecule has 0 bridgehead atoms. The van der Waals surface area contributed by atoms with E-state index in [-0.39, 0.29) is 0 Å². The van der Waals surface area contributed by atoms with Crippen LogP contribution in [0, 0.1) is 6.92 Å². The molecule has 0 aliphatic rings. The molecule has 0 heterocycles. The summed E-state index contributed by atoms with van der Waals surface area (Å²) < 4.78 is 5.50. The summed E-state index contributed by atoms with van der Waals surface area (Å²) in [4.78, 5) is 0. The quantitative estimate of drug-likeness (QED) is 0.600. The molecule has 1 unspecified atom stereocenters. The van der Waals surface area contributed by atoms with Gasteiger partial charge in [0.15, 0.2) is 0 Å². The van der Waals surface area contributed by atoms with Crippen LogP contribution in [0.1, 0.15) is 18.1 Å². The third-order valence-corrected chi connectivity index (χ3v) is 2.78. The summed E-state index contributed by atoms with van der Waals surface area (Å²) in [6.07, 6.45) is 0.483. The highest BCUT2D eigenvalue weighted by Gasteiger charge is 2.02. The number of hydrogen-bond acceptors (Lipinski definition) is 4. The Morgan fingerprint density at radius 2 is 2.22 bits per heavy atom. The van der Waals surface area contributed by atoms with Crippen LogP contribution in [-0.4, -0.2) is 37.5 Å². The van der Waals surface area contributed by atoms with Crippen LogP contribution in [0.4, 0.5) is 0 Å². The SMILES string of the molecule is CCOc1ccc(CCNCC(O)CN)cc1C. The van der Waals surface area contributed by atoms with E-state index in [4.69, 9.17) is 10.5 Å². The van der Waals surface area contributed by atoms with Gasteiger partial charge in [-0.15, -0.1) is 0 Å². The van der Waals surface area contributed by atoms with Crippen molar-refractivity contribution in [1.29, 1.82) is 0 Å². The van der Waals surface area contributed by atoms with Crippen molar-refractivity contribution in [2.45, 2.75) is 26.4 Å². The monoisotopic (exact) mass is 252 g/mol. The Morgan fingerprint density at radius 1 is 1.44 bits per heavy atom. The van der Waals surface area contributed by atoms with Crippen molar-refractivity contribution in [1.82, 2.24) is 5.32 Å². The maximum atomic E-state index is 9.29. The zero-order valence-corrected chi connectivity index (χ0v) is 11.3. The van der Waals surface area contributed by atoms with Crippen molar-refractivity contribution >= 4 is 0 Å². The van der Waals surface area contributed by atoms with Gasteiger partial charge < -0.3 is 20.9 Å². The van der Waals surface area contributed by atoms with Gasteiger partial charge in [0.2, 0.25) is 0 Å². The minimum Gasteiger partial charge on any atom is -0.494 e. The zero-order valence-electron chi connectivity index (χ0n) is 11.3. The first-order chi connectivity index (χ1) is 8.67. The van der Waals surface area contributed by atoms with E-state index in [1.54, 1.807) is 0 Å². The fraction of sp³-hybridized carbons (Fsp3) is 0.571. The molecule has 0 radical (unpaired) electrons. The first-order valence-electron chi connectivity index (χ1n) is 6.48. The van der Waals surface area contributed by atoms with Gasteiger partial charge in [-0.2, -0.15) is 0 Å². The lowest BCUT2D eigenvalue weighted by Gasteiger charge is -2.11. The highest BCUT2D eigenvalue weighted by molar-refractivity contribution is 5.36. The molecule has 0 aliphatic heterocycles. The highest BCUT2D eigenvalue weighted by atomic mass is 16.5. The first kappa shape index (κ1) is 15.0. The molecule has 18 heavy (non-hydrogen) atoms. The molecule has 0 aliphatic carbocycles. The summed E-state index contributed by atoms with van der Waals surface area (Å²) in [5.74, 6) is 0.952. The van der Waals surface area contributed by atoms with E-state index in [0.29, 0.717) is 19.7 Å². The van der Waals surface area contributed by atoms with Gasteiger partial charge in [0, 0.05) is 13.1 Å². The molecule has 0 spiro atoms. The molecule has 0 amide bonds. The van der Waals surface area contributed by atoms with Crippen molar-refractivity contribution < 1.29 is 9.84 Å². The number of ether oxygens (including phenoxy) is 1. The summed E-state index contributed by atoms with van der Waals surface area (Å²) in [5, 5.41) is 12.5. The second-order valence-corrected chi connectivity index (χ2v) is 4.38. The van der Waals surface area contributed by atoms with Crippen LogP contribution in [0.25, 0.3) is 0 Å². The van der Waals surface area contributed by atoms with Gasteiger partial charge >= 0.3 is 0 Å². The molecule has 4 N–H and O–H groups in total. The van der Waals surface area contributed by atoms with Gasteiger partial charge in [0.1, 0.15) is 5.75 Å². The lowest BCUT2D eigenvalue weighted by atomic mass is 10.1. The largest absolute Gasteiger partial charge is 0.494 e. The Balaban J connectivity index is 2.37. The maximum absolute atomic E-state index is 9.29. The molecule has 0 saturated heterocycles. The van der Waals surface area contributed by atoms with Crippen LogP contribution in [0.15, 0.2) is 18.2 Å². The van der Waals surface area contributed by atoms with E-state index in [2.05, 4.69) is 24.4 Å². The van der Waals surface area contributed by atoms with Crippen LogP contribution in [-0.2, 0) is 6.42 Å². The molecule has 0 saturated carbocycles. The number of rotatable bonds is 8. The van der Waals surface area contributed by atoms with E-state index >= 15 is 0 Å². The fourth-order valence-electron chi connectivity index (χ4n) is 1.77. The van der Waals surface area contributed by atoms with E-state index < -0.39 is 6.10 Å². The standard InChI is InChI=1S/C14H24N2O2/c1-3-18-14-5-4-12(8-11(14)2)6-7-16-10-13(17)9-15/h4-5,8,13,16-17H,3,6-7,9-10,15H2,1-2H3. The van der Waals surface area contributed by atoms with Crippen molar-refractivity contribution in [2.24, 2.45) is 5.73 Å². The van der Waals surface area contributed by atoms with Gasteiger partial charge in [0.25, 0.3) is 0 Å². The van der Waals surface area contributed by atoms with Crippen molar-refractivity contribution in [3.05, 3.63) is 29.3 Å². The molecule has 1 rings (SSSR count). The minimum absolute atomic E-state index is 0.301. The normalized spacial score (nSPS) is 12.4. The van der Waals surface area contributed by atoms with Gasteiger partial charge in [-0.25, -0.2) is 0 Å². The van der Waals surface area contributed by atoms with Crippen LogP contribution < -0.4 is 15.8 Å². The Morgan fingerprint density at radius 3 is 2.83 bits per heavy atom. The Hall–Kier alpha value is -1.10. The molecule has 0 aromatic heterocycles. The summed E-state index contributed by atoms with van der Waals surface area (Å²) in [6.45, 7) is 6.42. The smallest absolute Gasteiger partial charge is 0.122 e. The fourth-order valence-corrected chi connectivity index (χ4v) is 1.77. The van der Waals surface area contributed by atoms with E-state index in [1.807, 2.05) is 13.0 Å². The molecular formula is C14H24N2O2. The number of nitrogens with two attached hydrogens (primary N) is 1. The lowest BCUT2D eigenvalue weighted by molar-refractivity contribution is 0.180. The highest BCUT2D eigenvalue weighted by Crippen LogP contribution is 2.19.